The van der Waals surface area contributed by atoms with E-state index in [0.717, 1.165) is 66.1 Å². The number of anilines is 1. The number of nitrogens with zero attached hydrogens (tertiary/aromatic N) is 9. The fourth-order valence-electron chi connectivity index (χ4n) is 6.68. The zero-order valence-corrected chi connectivity index (χ0v) is 23.9. The van der Waals surface area contributed by atoms with Crippen LogP contribution in [-0.2, 0) is 13.6 Å². The Hall–Kier alpha value is -4.82. The van der Waals surface area contributed by atoms with Gasteiger partial charge in [0.1, 0.15) is 11.9 Å². The molecular weight excluding hydrogens is 528 g/mol. The molecule has 11 nitrogen and oxygen atoms in total. The van der Waals surface area contributed by atoms with E-state index in [0.29, 0.717) is 29.0 Å². The average molecular weight is 561 g/mol. The zero-order valence-electron chi connectivity index (χ0n) is 23.9. The number of pyridine rings is 2. The summed E-state index contributed by atoms with van der Waals surface area (Å²) in [5.74, 6) is 2.75. The standard InChI is InChI=1S/C31H32N10O/c1-31(36-11-20-4-5-29(42-3)35-10-20)7-22-17-40(18-23(22)8-31)28-15-33-27(14-34-28)26-6-21(25-13-37-39(2)16-25)19-41-30(26)24(9-32)12-38-41/h4-6,10,12-16,19,22-23,36H,7-8,11,17-18H2,1-3H3/t22-,23+,31+. The van der Waals surface area contributed by atoms with Gasteiger partial charge in [0.2, 0.25) is 5.88 Å². The fourth-order valence-corrected chi connectivity index (χ4v) is 6.68. The van der Waals surface area contributed by atoms with Gasteiger partial charge in [-0.1, -0.05) is 6.07 Å². The van der Waals surface area contributed by atoms with Gasteiger partial charge in [0, 0.05) is 73.6 Å². The second-order valence-electron chi connectivity index (χ2n) is 11.7. The van der Waals surface area contributed by atoms with Crippen molar-refractivity contribution in [3.8, 4) is 34.3 Å². The minimum Gasteiger partial charge on any atom is -0.481 e. The molecular formula is C31H32N10O. The van der Waals surface area contributed by atoms with Gasteiger partial charge in [-0.15, -0.1) is 0 Å². The molecule has 2 fully saturated rings. The summed E-state index contributed by atoms with van der Waals surface area (Å²) in [6, 6.07) is 8.27. The van der Waals surface area contributed by atoms with E-state index in [-0.39, 0.29) is 5.54 Å². The van der Waals surface area contributed by atoms with E-state index in [1.807, 2.05) is 56.4 Å². The summed E-state index contributed by atoms with van der Waals surface area (Å²) in [7, 11) is 3.52. The Kier molecular flexibility index (Phi) is 6.35. The average Bonchev–Trinajstić information content (AvgIpc) is 3.79. The van der Waals surface area contributed by atoms with Gasteiger partial charge in [-0.05, 0) is 43.2 Å². The summed E-state index contributed by atoms with van der Waals surface area (Å²) >= 11 is 0. The highest BCUT2D eigenvalue weighted by Crippen LogP contribution is 2.44. The summed E-state index contributed by atoms with van der Waals surface area (Å²) in [4.78, 5) is 16.4. The predicted octanol–water partition coefficient (Wildman–Crippen LogP) is 3.86. The number of methoxy groups -OCH3 is 1. The first-order valence-corrected chi connectivity index (χ1v) is 14.1. The number of hydrogen-bond acceptors (Lipinski definition) is 9. The molecule has 7 rings (SSSR count). The Morgan fingerprint density at radius 1 is 1.00 bits per heavy atom. The van der Waals surface area contributed by atoms with Gasteiger partial charge in [-0.25, -0.2) is 14.5 Å². The third-order valence-corrected chi connectivity index (χ3v) is 8.74. The van der Waals surface area contributed by atoms with E-state index in [4.69, 9.17) is 14.7 Å². The minimum absolute atomic E-state index is 0.102. The lowest BCUT2D eigenvalue weighted by Crippen LogP contribution is -2.41. The molecule has 0 radical (unpaired) electrons. The van der Waals surface area contributed by atoms with Gasteiger partial charge < -0.3 is 15.0 Å². The molecule has 5 aromatic heterocycles. The lowest BCUT2D eigenvalue weighted by molar-refractivity contribution is 0.340. The van der Waals surface area contributed by atoms with E-state index >= 15 is 0 Å². The van der Waals surface area contributed by atoms with Crippen LogP contribution < -0.4 is 15.0 Å². The molecule has 1 N–H and O–H groups in total. The van der Waals surface area contributed by atoms with Crippen molar-refractivity contribution in [1.29, 1.82) is 5.26 Å². The molecule has 1 saturated heterocycles. The van der Waals surface area contributed by atoms with E-state index in [2.05, 4.69) is 44.5 Å². The van der Waals surface area contributed by atoms with E-state index in [1.165, 1.54) is 0 Å². The van der Waals surface area contributed by atoms with Gasteiger partial charge in [0.05, 0.1) is 48.7 Å². The maximum absolute atomic E-state index is 9.73. The van der Waals surface area contributed by atoms with E-state index < -0.39 is 0 Å². The fraction of sp³-hybridized carbons (Fsp3) is 0.355. The normalized spacial score (nSPS) is 21.5. The SMILES string of the molecule is COc1ccc(CN[C@]2(C)C[C@H]3CN(c4cnc(-c5cc(-c6cnn(C)c6)cn6ncc(C#N)c56)cn4)C[C@H]3C2)cn1. The quantitative estimate of drug-likeness (QED) is 0.316. The molecule has 1 saturated carbocycles. The van der Waals surface area contributed by atoms with Gasteiger partial charge in [0.25, 0.3) is 0 Å². The van der Waals surface area contributed by atoms with Crippen LogP contribution in [0.5, 0.6) is 5.88 Å². The molecule has 11 heteroatoms. The van der Waals surface area contributed by atoms with Gasteiger partial charge in [-0.3, -0.25) is 9.67 Å². The van der Waals surface area contributed by atoms with Gasteiger partial charge >= 0.3 is 0 Å². The maximum atomic E-state index is 9.73. The van der Waals surface area contributed by atoms with Crippen LogP contribution in [0.4, 0.5) is 5.82 Å². The number of ether oxygens (including phenoxy) is 1. The largest absolute Gasteiger partial charge is 0.481 e. The zero-order chi connectivity index (χ0) is 28.8. The Morgan fingerprint density at radius 2 is 1.83 bits per heavy atom. The van der Waals surface area contributed by atoms with Crippen molar-refractivity contribution in [1.82, 2.24) is 39.7 Å². The summed E-state index contributed by atoms with van der Waals surface area (Å²) in [6.07, 6.45) is 15.1. The summed E-state index contributed by atoms with van der Waals surface area (Å²) < 4.78 is 8.68. The van der Waals surface area contributed by atoms with Gasteiger partial charge in [-0.2, -0.15) is 15.5 Å². The smallest absolute Gasteiger partial charge is 0.212 e. The summed E-state index contributed by atoms with van der Waals surface area (Å²) in [5, 5.41) is 22.3. The van der Waals surface area contributed by atoms with E-state index in [1.54, 1.807) is 22.5 Å². The number of rotatable bonds is 7. The minimum atomic E-state index is 0.102. The van der Waals surface area contributed by atoms with Crippen LogP contribution in [0.3, 0.4) is 0 Å². The van der Waals surface area contributed by atoms with Crippen molar-refractivity contribution >= 4 is 11.3 Å². The lowest BCUT2D eigenvalue weighted by atomic mass is 9.97. The summed E-state index contributed by atoms with van der Waals surface area (Å²) in [6.45, 7) is 5.08. The number of aryl methyl sites for hydroxylation is 1. The molecule has 1 aliphatic carbocycles. The lowest BCUT2D eigenvalue weighted by Gasteiger charge is -2.29. The summed E-state index contributed by atoms with van der Waals surface area (Å²) in [5.41, 5.74) is 5.91. The number of nitriles is 1. The monoisotopic (exact) mass is 560 g/mol. The van der Waals surface area contributed by atoms with Crippen molar-refractivity contribution in [3.63, 3.8) is 0 Å². The highest BCUT2D eigenvalue weighted by Gasteiger charge is 2.46. The number of fused-ring (bicyclic) bond motifs is 2. The van der Waals surface area contributed by atoms with Crippen LogP contribution in [0.25, 0.3) is 27.9 Å². The molecule has 0 bridgehead atoms. The molecule has 5 aromatic rings. The maximum Gasteiger partial charge on any atom is 0.212 e. The van der Waals surface area contributed by atoms with E-state index in [9.17, 15) is 5.26 Å². The molecule has 0 unspecified atom stereocenters. The third-order valence-electron chi connectivity index (χ3n) is 8.74. The molecule has 2 aliphatic rings. The Bertz CT molecular complexity index is 1770. The van der Waals surface area contributed by atoms with Crippen molar-refractivity contribution in [2.24, 2.45) is 18.9 Å². The molecule has 42 heavy (non-hydrogen) atoms. The Balaban J connectivity index is 1.06. The molecule has 3 atom stereocenters. The first-order chi connectivity index (χ1) is 20.4. The topological polar surface area (TPSA) is 122 Å². The Morgan fingerprint density at radius 3 is 2.48 bits per heavy atom. The Labute approximate surface area is 243 Å². The molecule has 1 aliphatic heterocycles. The van der Waals surface area contributed by atoms with Crippen LogP contribution in [0.1, 0.15) is 30.9 Å². The third kappa shape index (κ3) is 4.73. The first-order valence-electron chi connectivity index (χ1n) is 14.1. The van der Waals surface area contributed by atoms with Crippen molar-refractivity contribution in [3.05, 3.63) is 72.7 Å². The predicted molar refractivity (Wildman–Crippen MR) is 158 cm³/mol. The number of aromatic nitrogens is 7. The van der Waals surface area contributed by atoms with Crippen molar-refractivity contribution in [2.45, 2.75) is 31.8 Å². The van der Waals surface area contributed by atoms with Crippen molar-refractivity contribution in [2.75, 3.05) is 25.1 Å². The molecule has 0 aromatic carbocycles. The molecule has 212 valence electrons. The molecule has 0 amide bonds. The number of nitrogens with one attached hydrogen (secondary N) is 1. The van der Waals surface area contributed by atoms with Crippen LogP contribution in [0.15, 0.2) is 61.6 Å². The molecule has 0 spiro atoms. The van der Waals surface area contributed by atoms with Crippen LogP contribution in [0.2, 0.25) is 0 Å². The van der Waals surface area contributed by atoms with Gasteiger partial charge in [0.15, 0.2) is 0 Å². The second kappa shape index (κ2) is 10.2. The second-order valence-corrected chi connectivity index (χ2v) is 11.7. The van der Waals surface area contributed by atoms with Crippen LogP contribution >= 0.6 is 0 Å². The first kappa shape index (κ1) is 26.1. The highest BCUT2D eigenvalue weighted by molar-refractivity contribution is 5.86. The molecule has 6 heterocycles. The number of hydrogen-bond donors (Lipinski definition) is 1. The van der Waals surface area contributed by atoms with Crippen LogP contribution in [0, 0.1) is 23.2 Å². The highest BCUT2D eigenvalue weighted by atomic mass is 16.5. The van der Waals surface area contributed by atoms with Crippen molar-refractivity contribution < 1.29 is 4.74 Å². The van der Waals surface area contributed by atoms with Crippen LogP contribution in [-0.4, -0.2) is 60.1 Å².